The Morgan fingerprint density at radius 2 is 1.97 bits per heavy atom. The zero-order valence-electron chi connectivity index (χ0n) is 18.0. The van der Waals surface area contributed by atoms with Crippen molar-refractivity contribution in [3.63, 3.8) is 0 Å². The summed E-state index contributed by atoms with van der Waals surface area (Å²) >= 11 is 0. The summed E-state index contributed by atoms with van der Waals surface area (Å²) in [5.41, 5.74) is 4.81. The van der Waals surface area contributed by atoms with Gasteiger partial charge < -0.3 is 20.5 Å². The molecule has 3 atom stereocenters. The van der Waals surface area contributed by atoms with Gasteiger partial charge in [0.05, 0.1) is 5.60 Å². The maximum absolute atomic E-state index is 14.1. The molecule has 0 unspecified atom stereocenters. The average Bonchev–Trinajstić information content (AvgIpc) is 2.95. The van der Waals surface area contributed by atoms with Gasteiger partial charge in [0, 0.05) is 28.9 Å². The van der Waals surface area contributed by atoms with E-state index in [0.29, 0.717) is 0 Å². The number of nitrogens with one attached hydrogen (secondary N) is 1. The van der Waals surface area contributed by atoms with Gasteiger partial charge in [-0.3, -0.25) is 14.6 Å². The van der Waals surface area contributed by atoms with Crippen molar-refractivity contribution in [3.8, 4) is 5.75 Å². The molecule has 10 heteroatoms. The quantitative estimate of drug-likeness (QED) is 0.696. The normalized spacial score (nSPS) is 22.1. The van der Waals surface area contributed by atoms with E-state index in [9.17, 15) is 22.8 Å². The molecule has 0 aliphatic carbocycles. The molecule has 0 bridgehead atoms. The summed E-state index contributed by atoms with van der Waals surface area (Å²) in [5.74, 6) is -3.37. The average molecular weight is 451 g/mol. The number of aromatic nitrogens is 1. The Kier molecular flexibility index (Phi) is 6.45. The highest BCUT2D eigenvalue weighted by Gasteiger charge is 2.51. The Hall–Kier alpha value is -3.14. The smallest absolute Gasteiger partial charge is 0.387 e. The number of anilines is 1. The van der Waals surface area contributed by atoms with Crippen LogP contribution >= 0.6 is 0 Å². The number of alkyl halides is 2. The third kappa shape index (κ3) is 4.55. The first-order valence-electron chi connectivity index (χ1n) is 9.90. The Bertz CT molecular complexity index is 1050. The molecule has 2 amide bonds. The molecule has 1 aromatic heterocycles. The number of nitrogens with two attached hydrogens (primary N) is 1. The maximum atomic E-state index is 14.1. The molecule has 1 aromatic carbocycles. The Morgan fingerprint density at radius 1 is 1.28 bits per heavy atom. The second-order valence-electron chi connectivity index (χ2n) is 8.21. The van der Waals surface area contributed by atoms with Crippen LogP contribution < -0.4 is 15.8 Å². The van der Waals surface area contributed by atoms with Crippen LogP contribution in [0, 0.1) is 18.7 Å². The van der Waals surface area contributed by atoms with Crippen molar-refractivity contribution < 1.29 is 32.2 Å². The first-order chi connectivity index (χ1) is 14.9. The summed E-state index contributed by atoms with van der Waals surface area (Å²) in [6.45, 7) is 3.54. The summed E-state index contributed by atoms with van der Waals surface area (Å²) in [4.78, 5) is 28.3. The topological polar surface area (TPSA) is 104 Å². The van der Waals surface area contributed by atoms with Crippen LogP contribution in [-0.2, 0) is 9.53 Å². The number of nitrogens with zero attached hydrogens (tertiary/aromatic N) is 1. The molecule has 2 aromatic rings. The van der Waals surface area contributed by atoms with Gasteiger partial charge in [-0.25, -0.2) is 4.39 Å². The summed E-state index contributed by atoms with van der Waals surface area (Å²) in [7, 11) is 0. The lowest BCUT2D eigenvalue weighted by Gasteiger charge is -2.26. The molecule has 1 aliphatic rings. The van der Waals surface area contributed by atoms with Gasteiger partial charge in [-0.05, 0) is 44.9 Å². The van der Waals surface area contributed by atoms with Crippen LogP contribution in [0.3, 0.4) is 0 Å². The second-order valence-corrected chi connectivity index (χ2v) is 8.21. The van der Waals surface area contributed by atoms with Crippen LogP contribution in [-0.4, -0.2) is 35.1 Å². The van der Waals surface area contributed by atoms with E-state index in [1.165, 1.54) is 31.3 Å². The van der Waals surface area contributed by atoms with Gasteiger partial charge in [0.1, 0.15) is 23.4 Å². The van der Waals surface area contributed by atoms with Crippen molar-refractivity contribution in [1.82, 2.24) is 4.98 Å². The first kappa shape index (κ1) is 23.5. The highest BCUT2D eigenvalue weighted by molar-refractivity contribution is 5.97. The van der Waals surface area contributed by atoms with Gasteiger partial charge in [0.25, 0.3) is 11.8 Å². The van der Waals surface area contributed by atoms with Crippen LogP contribution in [0.2, 0.25) is 0 Å². The highest BCUT2D eigenvalue weighted by Crippen LogP contribution is 2.49. The Balaban J connectivity index is 2.01. The molecular weight excluding hydrogens is 427 g/mol. The SMILES string of the molecule is Cc1c(F)ccc([C@@H]2[C@@H](C(=O)Nc3ccnc(C(N)=O)c3)OC(C)(C)[C@@H]2C)c1OC(F)F. The van der Waals surface area contributed by atoms with Crippen LogP contribution in [0.5, 0.6) is 5.75 Å². The lowest BCUT2D eigenvalue weighted by molar-refractivity contribution is -0.131. The van der Waals surface area contributed by atoms with E-state index in [1.54, 1.807) is 13.8 Å². The van der Waals surface area contributed by atoms with Gasteiger partial charge in [0.15, 0.2) is 0 Å². The third-order valence-corrected chi connectivity index (χ3v) is 5.87. The lowest BCUT2D eigenvalue weighted by atomic mass is 9.77. The molecule has 7 nitrogen and oxygen atoms in total. The van der Waals surface area contributed by atoms with E-state index < -0.39 is 41.9 Å². The summed E-state index contributed by atoms with van der Waals surface area (Å²) < 4.78 is 51.0. The minimum Gasteiger partial charge on any atom is -0.434 e. The van der Waals surface area contributed by atoms with E-state index in [0.717, 1.165) is 6.07 Å². The first-order valence-corrected chi connectivity index (χ1v) is 9.90. The number of carbonyl (C=O) groups excluding carboxylic acids is 2. The number of hydrogen-bond donors (Lipinski definition) is 2. The van der Waals surface area contributed by atoms with Crippen LogP contribution in [0.15, 0.2) is 30.5 Å². The van der Waals surface area contributed by atoms with Gasteiger partial charge >= 0.3 is 6.61 Å². The van der Waals surface area contributed by atoms with Crippen molar-refractivity contribution in [2.24, 2.45) is 11.7 Å². The highest BCUT2D eigenvalue weighted by atomic mass is 19.3. The molecule has 3 rings (SSSR count). The molecule has 0 saturated carbocycles. The number of pyridine rings is 1. The lowest BCUT2D eigenvalue weighted by Crippen LogP contribution is -2.33. The molecule has 1 saturated heterocycles. The monoisotopic (exact) mass is 451 g/mol. The second kappa shape index (κ2) is 8.78. The molecular formula is C22H24F3N3O4. The fraction of sp³-hybridized carbons (Fsp3) is 0.409. The minimum absolute atomic E-state index is 0.0397. The number of rotatable bonds is 6. The predicted molar refractivity (Wildman–Crippen MR) is 110 cm³/mol. The summed E-state index contributed by atoms with van der Waals surface area (Å²) in [6, 6.07) is 5.27. The summed E-state index contributed by atoms with van der Waals surface area (Å²) in [5, 5.41) is 2.65. The van der Waals surface area contributed by atoms with Gasteiger partial charge in [0.2, 0.25) is 0 Å². The van der Waals surface area contributed by atoms with E-state index in [-0.39, 0.29) is 34.2 Å². The zero-order valence-corrected chi connectivity index (χ0v) is 18.0. The third-order valence-electron chi connectivity index (χ3n) is 5.87. The molecule has 2 heterocycles. The predicted octanol–water partition coefficient (Wildman–Crippen LogP) is 3.77. The van der Waals surface area contributed by atoms with Gasteiger partial charge in [-0.2, -0.15) is 8.78 Å². The molecule has 3 N–H and O–H groups in total. The Labute approximate surface area is 183 Å². The fourth-order valence-electron chi connectivity index (χ4n) is 3.90. The van der Waals surface area contributed by atoms with Crippen molar-refractivity contribution in [2.75, 3.05) is 5.32 Å². The van der Waals surface area contributed by atoms with Crippen LogP contribution in [0.4, 0.5) is 18.9 Å². The number of benzene rings is 1. The standard InChI is InChI=1S/C22H24F3N3O4/c1-10-14(23)6-5-13(17(10)31-21(24)25)16-11(2)22(3,4)32-18(16)20(30)28-12-7-8-27-15(9-12)19(26)29/h5-9,11,16,18,21H,1-4H3,(H2,26,29)(H,27,28,30)/t11-,16-,18+/m1/s1. The molecule has 1 fully saturated rings. The van der Waals surface area contributed by atoms with Crippen molar-refractivity contribution in [3.05, 3.63) is 53.1 Å². The Morgan fingerprint density at radius 3 is 2.59 bits per heavy atom. The van der Waals surface area contributed by atoms with Crippen LogP contribution in [0.1, 0.15) is 48.3 Å². The largest absolute Gasteiger partial charge is 0.434 e. The van der Waals surface area contributed by atoms with E-state index >= 15 is 0 Å². The van der Waals surface area contributed by atoms with Crippen molar-refractivity contribution >= 4 is 17.5 Å². The number of amides is 2. The van der Waals surface area contributed by atoms with Crippen molar-refractivity contribution in [1.29, 1.82) is 0 Å². The number of carbonyl (C=O) groups is 2. The molecule has 32 heavy (non-hydrogen) atoms. The van der Waals surface area contributed by atoms with E-state index in [4.69, 9.17) is 10.5 Å². The molecule has 172 valence electrons. The maximum Gasteiger partial charge on any atom is 0.387 e. The molecule has 0 spiro atoms. The number of halogens is 3. The van der Waals surface area contributed by atoms with Crippen molar-refractivity contribution in [2.45, 2.75) is 51.9 Å². The number of ether oxygens (including phenoxy) is 2. The van der Waals surface area contributed by atoms with E-state index in [1.807, 2.05) is 6.92 Å². The molecule has 1 aliphatic heterocycles. The number of primary amides is 1. The van der Waals surface area contributed by atoms with E-state index in [2.05, 4.69) is 15.0 Å². The zero-order chi connectivity index (χ0) is 23.8. The summed E-state index contributed by atoms with van der Waals surface area (Å²) in [6.07, 6.45) is 0.211. The van der Waals surface area contributed by atoms with Gasteiger partial charge in [-0.1, -0.05) is 13.0 Å². The minimum atomic E-state index is -3.17. The van der Waals surface area contributed by atoms with Gasteiger partial charge in [-0.15, -0.1) is 0 Å². The molecule has 0 radical (unpaired) electrons. The number of hydrogen-bond acceptors (Lipinski definition) is 5. The van der Waals surface area contributed by atoms with Crippen LogP contribution in [0.25, 0.3) is 0 Å². The fourth-order valence-corrected chi connectivity index (χ4v) is 3.90.